The minimum Gasteiger partial charge on any atom is -0.342 e. The van der Waals surface area contributed by atoms with Crippen LogP contribution in [0.2, 0.25) is 5.02 Å². The molecule has 0 atom stereocenters. The number of likely N-dealkylation sites (tertiary alicyclic amines) is 1. The molecular weight excluding hydrogens is 364 g/mol. The maximum atomic E-state index is 12.4. The van der Waals surface area contributed by atoms with E-state index >= 15 is 0 Å². The van der Waals surface area contributed by atoms with Crippen LogP contribution in [-0.4, -0.2) is 79.0 Å². The second-order valence-electron chi connectivity index (χ2n) is 7.31. The summed E-state index contributed by atoms with van der Waals surface area (Å²) in [5.74, 6) is 0.232. The lowest BCUT2D eigenvalue weighted by Gasteiger charge is -2.36. The van der Waals surface area contributed by atoms with Crippen LogP contribution in [0.4, 0.5) is 4.79 Å². The molecule has 1 N–H and O–H groups in total. The Bertz CT molecular complexity index is 623. The minimum absolute atomic E-state index is 0.0222. The number of urea groups is 1. The highest BCUT2D eigenvalue weighted by atomic mass is 35.5. The van der Waals surface area contributed by atoms with Crippen molar-refractivity contribution in [3.8, 4) is 0 Å². The molecule has 0 saturated carbocycles. The van der Waals surface area contributed by atoms with Crippen molar-refractivity contribution in [2.45, 2.75) is 25.7 Å². The molecular formula is C20H29ClN4O2. The van der Waals surface area contributed by atoms with Crippen LogP contribution in [0.15, 0.2) is 24.3 Å². The molecule has 0 radical (unpaired) electrons. The van der Waals surface area contributed by atoms with Gasteiger partial charge in [0.05, 0.1) is 6.54 Å². The zero-order valence-electron chi connectivity index (χ0n) is 15.8. The van der Waals surface area contributed by atoms with Crippen LogP contribution in [0, 0.1) is 0 Å². The molecule has 2 aliphatic rings. The number of carbonyl (C=O) groups excluding carboxylic acids is 2. The maximum absolute atomic E-state index is 12.4. The van der Waals surface area contributed by atoms with Crippen molar-refractivity contribution in [3.05, 3.63) is 34.9 Å². The molecule has 0 spiro atoms. The molecule has 3 amide bonds. The van der Waals surface area contributed by atoms with Crippen LogP contribution >= 0.6 is 11.6 Å². The lowest BCUT2D eigenvalue weighted by atomic mass is 10.1. The maximum Gasteiger partial charge on any atom is 0.317 e. The molecule has 0 aromatic heterocycles. The zero-order valence-corrected chi connectivity index (χ0v) is 16.6. The fraction of sp³-hybridized carbons (Fsp3) is 0.600. The van der Waals surface area contributed by atoms with Crippen molar-refractivity contribution in [3.63, 3.8) is 0 Å². The SMILES string of the molecule is O=C(CN1CCN(C(=O)NCCc2ccc(Cl)cc2)CC1)N1CCCCC1. The number of hydrogen-bond acceptors (Lipinski definition) is 3. The Labute approximate surface area is 166 Å². The van der Waals surface area contributed by atoms with Gasteiger partial charge in [0, 0.05) is 50.8 Å². The van der Waals surface area contributed by atoms with Gasteiger partial charge in [0.15, 0.2) is 0 Å². The molecule has 3 rings (SSSR count). The van der Waals surface area contributed by atoms with E-state index in [0.29, 0.717) is 26.2 Å². The highest BCUT2D eigenvalue weighted by Gasteiger charge is 2.24. The number of carbonyl (C=O) groups is 2. The van der Waals surface area contributed by atoms with Crippen LogP contribution in [-0.2, 0) is 11.2 Å². The van der Waals surface area contributed by atoms with Gasteiger partial charge < -0.3 is 15.1 Å². The molecule has 0 aliphatic carbocycles. The van der Waals surface area contributed by atoms with Crippen molar-refractivity contribution >= 4 is 23.5 Å². The summed E-state index contributed by atoms with van der Waals surface area (Å²) in [6, 6.07) is 7.66. The third-order valence-electron chi connectivity index (χ3n) is 5.33. The summed E-state index contributed by atoms with van der Waals surface area (Å²) in [5, 5.41) is 3.70. The van der Waals surface area contributed by atoms with E-state index in [1.165, 1.54) is 6.42 Å². The van der Waals surface area contributed by atoms with Crippen LogP contribution in [0.1, 0.15) is 24.8 Å². The number of piperazine rings is 1. The van der Waals surface area contributed by atoms with Crippen LogP contribution in [0.25, 0.3) is 0 Å². The average Bonchev–Trinajstić information content (AvgIpc) is 2.70. The van der Waals surface area contributed by atoms with E-state index in [1.54, 1.807) is 0 Å². The van der Waals surface area contributed by atoms with Gasteiger partial charge in [0.2, 0.25) is 5.91 Å². The Morgan fingerprint density at radius 1 is 0.889 bits per heavy atom. The van der Waals surface area contributed by atoms with E-state index in [0.717, 1.165) is 56.0 Å². The van der Waals surface area contributed by atoms with Crippen molar-refractivity contribution < 1.29 is 9.59 Å². The van der Waals surface area contributed by atoms with Gasteiger partial charge in [-0.15, -0.1) is 0 Å². The van der Waals surface area contributed by atoms with E-state index in [1.807, 2.05) is 34.1 Å². The van der Waals surface area contributed by atoms with Gasteiger partial charge in [-0.2, -0.15) is 0 Å². The summed E-state index contributed by atoms with van der Waals surface area (Å²) in [7, 11) is 0. The molecule has 6 nitrogen and oxygen atoms in total. The van der Waals surface area contributed by atoms with Crippen molar-refractivity contribution in [1.29, 1.82) is 0 Å². The normalized spacial score (nSPS) is 18.4. The largest absolute Gasteiger partial charge is 0.342 e. The Morgan fingerprint density at radius 3 is 2.22 bits per heavy atom. The van der Waals surface area contributed by atoms with E-state index in [2.05, 4.69) is 10.2 Å². The summed E-state index contributed by atoms with van der Waals surface area (Å²) < 4.78 is 0. The van der Waals surface area contributed by atoms with Crippen LogP contribution in [0.3, 0.4) is 0 Å². The quantitative estimate of drug-likeness (QED) is 0.835. The molecule has 27 heavy (non-hydrogen) atoms. The number of hydrogen-bond donors (Lipinski definition) is 1. The number of nitrogens with zero attached hydrogens (tertiary/aromatic N) is 3. The van der Waals surface area contributed by atoms with Crippen molar-refractivity contribution in [2.24, 2.45) is 0 Å². The topological polar surface area (TPSA) is 55.9 Å². The standard InChI is InChI=1S/C20H29ClN4O2/c21-18-6-4-17(5-7-18)8-9-22-20(27)25-14-12-23(13-15-25)16-19(26)24-10-2-1-3-11-24/h4-7H,1-3,8-16H2,(H,22,27). The number of nitrogens with one attached hydrogen (secondary N) is 1. The molecule has 2 fully saturated rings. The number of rotatable bonds is 5. The fourth-order valence-corrected chi connectivity index (χ4v) is 3.75. The molecule has 0 unspecified atom stereocenters. The third-order valence-corrected chi connectivity index (χ3v) is 5.58. The van der Waals surface area contributed by atoms with Gasteiger partial charge in [0.25, 0.3) is 0 Å². The van der Waals surface area contributed by atoms with Gasteiger partial charge in [-0.1, -0.05) is 23.7 Å². The van der Waals surface area contributed by atoms with Crippen LogP contribution in [0.5, 0.6) is 0 Å². The van der Waals surface area contributed by atoms with E-state index < -0.39 is 0 Å². The number of benzene rings is 1. The summed E-state index contributed by atoms with van der Waals surface area (Å²) >= 11 is 5.88. The summed E-state index contributed by atoms with van der Waals surface area (Å²) in [5.41, 5.74) is 1.15. The van der Waals surface area contributed by atoms with Gasteiger partial charge in [-0.3, -0.25) is 9.69 Å². The first-order valence-corrected chi connectivity index (χ1v) is 10.3. The van der Waals surface area contributed by atoms with E-state index in [-0.39, 0.29) is 11.9 Å². The first-order chi connectivity index (χ1) is 13.1. The number of amides is 3. The summed E-state index contributed by atoms with van der Waals surface area (Å²) in [6.07, 6.45) is 4.26. The van der Waals surface area contributed by atoms with E-state index in [4.69, 9.17) is 11.6 Å². The Kier molecular flexibility index (Phi) is 7.35. The zero-order chi connectivity index (χ0) is 19.1. The first-order valence-electron chi connectivity index (χ1n) is 9.89. The predicted molar refractivity (Wildman–Crippen MR) is 107 cm³/mol. The smallest absolute Gasteiger partial charge is 0.317 e. The second kappa shape index (κ2) is 9.95. The second-order valence-corrected chi connectivity index (χ2v) is 7.75. The van der Waals surface area contributed by atoms with Crippen molar-refractivity contribution in [1.82, 2.24) is 20.0 Å². The monoisotopic (exact) mass is 392 g/mol. The average molecular weight is 393 g/mol. The van der Waals surface area contributed by atoms with Crippen LogP contribution < -0.4 is 5.32 Å². The molecule has 2 saturated heterocycles. The predicted octanol–water partition coefficient (Wildman–Crippen LogP) is 2.22. The Morgan fingerprint density at radius 2 is 1.56 bits per heavy atom. The summed E-state index contributed by atoms with van der Waals surface area (Å²) in [4.78, 5) is 30.7. The Balaban J connectivity index is 1.33. The number of piperidine rings is 1. The van der Waals surface area contributed by atoms with Gasteiger partial charge in [0.1, 0.15) is 0 Å². The minimum atomic E-state index is -0.0222. The molecule has 2 heterocycles. The fourth-order valence-electron chi connectivity index (χ4n) is 3.62. The first kappa shape index (κ1) is 20.0. The summed E-state index contributed by atoms with van der Waals surface area (Å²) in [6.45, 7) is 5.72. The van der Waals surface area contributed by atoms with Gasteiger partial charge >= 0.3 is 6.03 Å². The number of halogens is 1. The molecule has 1 aromatic rings. The molecule has 2 aliphatic heterocycles. The lowest BCUT2D eigenvalue weighted by Crippen LogP contribution is -2.54. The lowest BCUT2D eigenvalue weighted by molar-refractivity contribution is -0.133. The third kappa shape index (κ3) is 6.11. The Hall–Kier alpha value is -1.79. The van der Waals surface area contributed by atoms with E-state index in [9.17, 15) is 9.59 Å². The highest BCUT2D eigenvalue weighted by Crippen LogP contribution is 2.11. The van der Waals surface area contributed by atoms with Gasteiger partial charge in [-0.05, 0) is 43.4 Å². The van der Waals surface area contributed by atoms with Crippen molar-refractivity contribution in [2.75, 3.05) is 52.4 Å². The molecule has 1 aromatic carbocycles. The van der Waals surface area contributed by atoms with Gasteiger partial charge in [-0.25, -0.2) is 4.79 Å². The highest BCUT2D eigenvalue weighted by molar-refractivity contribution is 6.30. The molecule has 7 heteroatoms. The molecule has 148 valence electrons. The molecule has 0 bridgehead atoms.